The second-order valence-electron chi connectivity index (χ2n) is 7.06. The van der Waals surface area contributed by atoms with Gasteiger partial charge in [-0.25, -0.2) is 5.01 Å². The molecule has 0 bridgehead atoms. The Morgan fingerprint density at radius 3 is 2.06 bits per heavy atom. The molecule has 2 rings (SSSR count). The monoisotopic (exact) mass is 454 g/mol. The minimum absolute atomic E-state index is 0.512. The van der Waals surface area contributed by atoms with Gasteiger partial charge >= 0.3 is 0 Å². The van der Waals surface area contributed by atoms with Crippen LogP contribution in [-0.4, -0.2) is 11.7 Å². The van der Waals surface area contributed by atoms with Gasteiger partial charge < -0.3 is 11.1 Å². The van der Waals surface area contributed by atoms with Gasteiger partial charge in [-0.2, -0.15) is 5.10 Å². The predicted molar refractivity (Wildman–Crippen MR) is 150 cm³/mol. The summed E-state index contributed by atoms with van der Waals surface area (Å²) < 4.78 is 0. The van der Waals surface area contributed by atoms with Crippen LogP contribution < -0.4 is 11.1 Å². The Labute approximate surface area is 205 Å². The number of hydrogen-bond donors (Lipinski definition) is 2. The highest BCUT2D eigenvalue weighted by Gasteiger charge is 2.13. The van der Waals surface area contributed by atoms with E-state index in [2.05, 4.69) is 82.6 Å². The van der Waals surface area contributed by atoms with Crippen LogP contribution in [0, 0.1) is 6.92 Å². The topological polar surface area (TPSA) is 53.6 Å². The lowest BCUT2D eigenvalue weighted by Crippen LogP contribution is -2.26. The van der Waals surface area contributed by atoms with E-state index in [4.69, 9.17) is 5.73 Å². The van der Waals surface area contributed by atoms with Crippen LogP contribution in [-0.2, 0) is 13.0 Å². The zero-order valence-electron chi connectivity index (χ0n) is 22.9. The van der Waals surface area contributed by atoms with E-state index in [0.717, 1.165) is 18.7 Å². The summed E-state index contributed by atoms with van der Waals surface area (Å²) in [4.78, 5) is 0. The van der Waals surface area contributed by atoms with E-state index < -0.39 is 0 Å². The highest BCUT2D eigenvalue weighted by Crippen LogP contribution is 2.18. The molecule has 186 valence electrons. The molecule has 0 fully saturated rings. The van der Waals surface area contributed by atoms with Crippen LogP contribution >= 0.6 is 0 Å². The lowest BCUT2D eigenvalue weighted by atomic mass is 10.0. The first kappa shape index (κ1) is 32.4. The van der Waals surface area contributed by atoms with Gasteiger partial charge in [-0.15, -0.1) is 0 Å². The summed E-state index contributed by atoms with van der Waals surface area (Å²) in [7, 11) is 0. The lowest BCUT2D eigenvalue weighted by molar-refractivity contribution is 0.461. The fourth-order valence-corrected chi connectivity index (χ4v) is 3.24. The standard InChI is InChI=1S/C17H22N4.C8H16.2C2H6/c1-5-15-7-6-14(8-12(15)2)11-20-16-9-13(3)21(19-4)17(18)10-16;1-4-7-8(5-2)6-3;2*1-2/h6-10,20H,3-5,11,18H2,1-2H3;7H,4-6H2,1-3H3;2*1-2H3. The third-order valence-electron chi connectivity index (χ3n) is 4.97. The van der Waals surface area contributed by atoms with Gasteiger partial charge in [0.05, 0.1) is 5.70 Å². The van der Waals surface area contributed by atoms with Crippen molar-refractivity contribution in [2.75, 3.05) is 0 Å². The maximum absolute atomic E-state index is 5.91. The van der Waals surface area contributed by atoms with Gasteiger partial charge in [0, 0.05) is 25.0 Å². The number of hydrazone groups is 1. The lowest BCUT2D eigenvalue weighted by Gasteiger charge is -2.24. The van der Waals surface area contributed by atoms with E-state index in [1.54, 1.807) is 5.57 Å². The minimum atomic E-state index is 0.512. The molecule has 4 nitrogen and oxygen atoms in total. The van der Waals surface area contributed by atoms with Crippen molar-refractivity contribution in [2.24, 2.45) is 10.8 Å². The van der Waals surface area contributed by atoms with Gasteiger partial charge in [0.25, 0.3) is 0 Å². The Balaban J connectivity index is 0. The molecule has 1 aromatic carbocycles. The van der Waals surface area contributed by atoms with Gasteiger partial charge in [0.1, 0.15) is 5.82 Å². The first-order valence-corrected chi connectivity index (χ1v) is 12.5. The number of aryl methyl sites for hydroxylation is 2. The van der Waals surface area contributed by atoms with Crippen LogP contribution in [0.15, 0.2) is 70.9 Å². The van der Waals surface area contributed by atoms with Crippen molar-refractivity contribution in [3.8, 4) is 0 Å². The Hall–Kier alpha value is -2.75. The van der Waals surface area contributed by atoms with E-state index in [1.165, 1.54) is 41.0 Å². The summed E-state index contributed by atoms with van der Waals surface area (Å²) >= 11 is 0. The molecule has 0 radical (unpaired) electrons. The molecule has 3 N–H and O–H groups in total. The second kappa shape index (κ2) is 19.9. The predicted octanol–water partition coefficient (Wildman–Crippen LogP) is 7.97. The first-order valence-electron chi connectivity index (χ1n) is 12.5. The van der Waals surface area contributed by atoms with Gasteiger partial charge in [-0.1, -0.05) is 91.8 Å². The smallest absolute Gasteiger partial charge is 0.127 e. The normalized spacial score (nSPS) is 11.8. The van der Waals surface area contributed by atoms with Gasteiger partial charge in [0.2, 0.25) is 0 Å². The Bertz CT molecular complexity index is 779. The third-order valence-corrected chi connectivity index (χ3v) is 4.97. The number of benzene rings is 1. The van der Waals surface area contributed by atoms with E-state index in [0.29, 0.717) is 11.5 Å². The molecule has 33 heavy (non-hydrogen) atoms. The number of hydrogen-bond acceptors (Lipinski definition) is 4. The van der Waals surface area contributed by atoms with E-state index in [1.807, 2.05) is 39.8 Å². The van der Waals surface area contributed by atoms with Crippen molar-refractivity contribution >= 4 is 6.72 Å². The van der Waals surface area contributed by atoms with Crippen molar-refractivity contribution in [3.05, 3.63) is 82.5 Å². The molecule has 0 aromatic heterocycles. The molecule has 0 unspecified atom stereocenters. The van der Waals surface area contributed by atoms with Crippen LogP contribution in [0.2, 0.25) is 0 Å². The van der Waals surface area contributed by atoms with Gasteiger partial charge in [-0.05, 0) is 55.4 Å². The minimum Gasteiger partial charge on any atom is -0.384 e. The SMILES string of the molecule is C=NN1C(=C)C=C(NCc2ccc(CC)c(C)c2)C=C1N.CC.CC.CCC=C(CC)CC. The molecule has 1 aromatic rings. The molecule has 1 heterocycles. The summed E-state index contributed by atoms with van der Waals surface area (Å²) in [5, 5.41) is 8.68. The molecule has 0 saturated heterocycles. The van der Waals surface area contributed by atoms with Gasteiger partial charge in [-0.3, -0.25) is 0 Å². The highest BCUT2D eigenvalue weighted by atomic mass is 15.5. The van der Waals surface area contributed by atoms with E-state index >= 15 is 0 Å². The summed E-state index contributed by atoms with van der Waals surface area (Å²) in [6.45, 7) is 27.1. The van der Waals surface area contributed by atoms with E-state index in [9.17, 15) is 0 Å². The molecule has 0 aliphatic carbocycles. The van der Waals surface area contributed by atoms with Crippen molar-refractivity contribution in [1.29, 1.82) is 0 Å². The average Bonchev–Trinajstić information content (AvgIpc) is 2.84. The molecule has 4 heteroatoms. The Kier molecular flexibility index (Phi) is 19.6. The zero-order valence-corrected chi connectivity index (χ0v) is 22.9. The molecule has 0 spiro atoms. The van der Waals surface area contributed by atoms with Crippen molar-refractivity contribution in [2.45, 2.75) is 94.5 Å². The molecule has 0 atom stereocenters. The van der Waals surface area contributed by atoms with Crippen LogP contribution in [0.4, 0.5) is 0 Å². The maximum Gasteiger partial charge on any atom is 0.127 e. The highest BCUT2D eigenvalue weighted by molar-refractivity contribution is 5.38. The fourth-order valence-electron chi connectivity index (χ4n) is 3.24. The van der Waals surface area contributed by atoms with Crippen LogP contribution in [0.1, 0.15) is 91.3 Å². The van der Waals surface area contributed by atoms with Gasteiger partial charge in [0.15, 0.2) is 0 Å². The Morgan fingerprint density at radius 1 is 1.06 bits per heavy atom. The van der Waals surface area contributed by atoms with Crippen LogP contribution in [0.25, 0.3) is 0 Å². The first-order chi connectivity index (χ1) is 15.9. The average molecular weight is 455 g/mol. The zero-order chi connectivity index (χ0) is 25.8. The molecule has 1 aliphatic rings. The molecule has 0 amide bonds. The van der Waals surface area contributed by atoms with Crippen LogP contribution in [0.3, 0.4) is 0 Å². The quantitative estimate of drug-likeness (QED) is 0.309. The summed E-state index contributed by atoms with van der Waals surface area (Å²) in [5.74, 6) is 0.512. The van der Waals surface area contributed by atoms with Crippen molar-refractivity contribution < 1.29 is 0 Å². The summed E-state index contributed by atoms with van der Waals surface area (Å²) in [6, 6.07) is 6.56. The molecule has 1 aliphatic heterocycles. The Morgan fingerprint density at radius 2 is 1.67 bits per heavy atom. The second-order valence-corrected chi connectivity index (χ2v) is 7.06. The number of nitrogens with one attached hydrogen (secondary N) is 1. The number of nitrogens with two attached hydrogens (primary N) is 1. The molecular weight excluding hydrogens is 404 g/mol. The summed E-state index contributed by atoms with van der Waals surface area (Å²) in [6.07, 6.45) is 10.8. The number of nitrogens with zero attached hydrogens (tertiary/aromatic N) is 2. The largest absolute Gasteiger partial charge is 0.384 e. The van der Waals surface area contributed by atoms with E-state index in [-0.39, 0.29) is 0 Å². The molecule has 0 saturated carbocycles. The third kappa shape index (κ3) is 12.2. The number of rotatable bonds is 8. The van der Waals surface area contributed by atoms with Crippen molar-refractivity contribution in [3.63, 3.8) is 0 Å². The summed E-state index contributed by atoms with van der Waals surface area (Å²) in [5.41, 5.74) is 13.1. The molecular formula is C29H50N4. The number of allylic oxidation sites excluding steroid dienone is 4. The van der Waals surface area contributed by atoms with Crippen LogP contribution in [0.5, 0.6) is 0 Å². The van der Waals surface area contributed by atoms with Crippen molar-refractivity contribution in [1.82, 2.24) is 10.3 Å². The fraction of sp³-hybridized carbons (Fsp3) is 0.483. The maximum atomic E-state index is 5.91.